The van der Waals surface area contributed by atoms with Gasteiger partial charge < -0.3 is 9.80 Å². The third-order valence-corrected chi connectivity index (χ3v) is 2.45. The van der Waals surface area contributed by atoms with E-state index in [4.69, 9.17) is 0 Å². The maximum absolute atomic E-state index is 2.46. The lowest BCUT2D eigenvalue weighted by atomic mass is 10.1. The van der Waals surface area contributed by atoms with Gasteiger partial charge in [0.2, 0.25) is 0 Å². The molecule has 1 fully saturated rings. The molecule has 1 aliphatic rings. The van der Waals surface area contributed by atoms with Crippen LogP contribution in [0.4, 0.5) is 0 Å². The molecule has 0 radical (unpaired) electrons. The summed E-state index contributed by atoms with van der Waals surface area (Å²) in [5, 5.41) is 0. The van der Waals surface area contributed by atoms with Gasteiger partial charge in [-0.05, 0) is 20.5 Å². The van der Waals surface area contributed by atoms with E-state index in [1.165, 1.54) is 26.1 Å². The second-order valence-electron chi connectivity index (χ2n) is 3.30. The van der Waals surface area contributed by atoms with Crippen molar-refractivity contribution in [3.05, 3.63) is 0 Å². The minimum atomic E-state index is 0.791. The topological polar surface area (TPSA) is 6.48 Å². The summed E-state index contributed by atoms with van der Waals surface area (Å²) in [6, 6.07) is 0.791. The molecule has 0 aliphatic carbocycles. The molecule has 1 atom stereocenters. The minimum absolute atomic E-state index is 0.791. The van der Waals surface area contributed by atoms with Crippen molar-refractivity contribution in [3.63, 3.8) is 0 Å². The molecule has 0 bridgehead atoms. The highest BCUT2D eigenvalue weighted by molar-refractivity contribution is 4.76. The van der Waals surface area contributed by atoms with Crippen molar-refractivity contribution in [2.24, 2.45) is 0 Å². The van der Waals surface area contributed by atoms with Crippen LogP contribution in [0.3, 0.4) is 0 Å². The average molecular weight is 142 g/mol. The first-order valence-corrected chi connectivity index (χ1v) is 4.12. The van der Waals surface area contributed by atoms with E-state index < -0.39 is 0 Å². The average Bonchev–Trinajstić information content (AvgIpc) is 1.94. The van der Waals surface area contributed by atoms with Gasteiger partial charge in [0.1, 0.15) is 0 Å². The van der Waals surface area contributed by atoms with Gasteiger partial charge >= 0.3 is 0 Å². The molecule has 0 amide bonds. The molecule has 2 heteroatoms. The number of hydrogen-bond acceptors (Lipinski definition) is 2. The first-order chi connectivity index (χ1) is 4.74. The highest BCUT2D eigenvalue weighted by Crippen LogP contribution is 2.07. The van der Waals surface area contributed by atoms with E-state index in [9.17, 15) is 0 Å². The third-order valence-electron chi connectivity index (χ3n) is 2.45. The van der Waals surface area contributed by atoms with Crippen LogP contribution >= 0.6 is 0 Å². The van der Waals surface area contributed by atoms with Crippen LogP contribution in [0.25, 0.3) is 0 Å². The lowest BCUT2D eigenvalue weighted by Gasteiger charge is -2.37. The molecule has 10 heavy (non-hydrogen) atoms. The quantitative estimate of drug-likeness (QED) is 0.530. The molecule has 0 N–H and O–H groups in total. The Hall–Kier alpha value is -0.0800. The van der Waals surface area contributed by atoms with Crippen molar-refractivity contribution in [2.75, 3.05) is 33.7 Å². The summed E-state index contributed by atoms with van der Waals surface area (Å²) in [5.41, 5.74) is 0. The molecule has 1 saturated heterocycles. The van der Waals surface area contributed by atoms with Crippen LogP contribution in [0.2, 0.25) is 0 Å². The Bertz CT molecular complexity index is 103. The van der Waals surface area contributed by atoms with E-state index in [2.05, 4.69) is 30.8 Å². The Balaban J connectivity index is 2.38. The number of rotatable bonds is 1. The molecular formula is C8H18N2. The van der Waals surface area contributed by atoms with Crippen LogP contribution in [-0.4, -0.2) is 49.6 Å². The fourth-order valence-corrected chi connectivity index (χ4v) is 1.54. The highest BCUT2D eigenvalue weighted by Gasteiger charge is 2.19. The van der Waals surface area contributed by atoms with Gasteiger partial charge in [-0.1, -0.05) is 6.92 Å². The van der Waals surface area contributed by atoms with E-state index in [1.807, 2.05) is 0 Å². The zero-order valence-electron chi connectivity index (χ0n) is 7.30. The van der Waals surface area contributed by atoms with Gasteiger partial charge in [0, 0.05) is 25.7 Å². The second-order valence-corrected chi connectivity index (χ2v) is 3.30. The molecule has 0 aromatic rings. The van der Waals surface area contributed by atoms with E-state index in [-0.39, 0.29) is 0 Å². The van der Waals surface area contributed by atoms with Crippen LogP contribution < -0.4 is 0 Å². The van der Waals surface area contributed by atoms with E-state index in [0.29, 0.717) is 0 Å². The van der Waals surface area contributed by atoms with Crippen LogP contribution in [0.1, 0.15) is 13.3 Å². The molecule has 2 nitrogen and oxygen atoms in total. The molecular weight excluding hydrogens is 124 g/mol. The van der Waals surface area contributed by atoms with Crippen molar-refractivity contribution < 1.29 is 0 Å². The van der Waals surface area contributed by atoms with E-state index in [1.54, 1.807) is 0 Å². The molecule has 1 aliphatic heterocycles. The summed E-state index contributed by atoms with van der Waals surface area (Å²) in [7, 11) is 4.43. The lowest BCUT2D eigenvalue weighted by molar-refractivity contribution is 0.112. The molecule has 0 aromatic heterocycles. The highest BCUT2D eigenvalue weighted by atomic mass is 15.3. The fraction of sp³-hybridized carbons (Fsp3) is 1.00. The number of nitrogens with zero attached hydrogens (tertiary/aromatic N) is 2. The molecule has 60 valence electrons. The van der Waals surface area contributed by atoms with Gasteiger partial charge in [0.05, 0.1) is 0 Å². The fourth-order valence-electron chi connectivity index (χ4n) is 1.54. The maximum Gasteiger partial charge on any atom is 0.0217 e. The van der Waals surface area contributed by atoms with Gasteiger partial charge in [-0.25, -0.2) is 0 Å². The van der Waals surface area contributed by atoms with Gasteiger partial charge in [-0.15, -0.1) is 0 Å². The number of likely N-dealkylation sites (N-methyl/N-ethyl adjacent to an activating group) is 2. The Labute approximate surface area is 63.8 Å². The smallest absolute Gasteiger partial charge is 0.0217 e. The summed E-state index contributed by atoms with van der Waals surface area (Å²) >= 11 is 0. The number of piperazine rings is 1. The van der Waals surface area contributed by atoms with Gasteiger partial charge in [0.15, 0.2) is 0 Å². The Kier molecular flexibility index (Phi) is 2.69. The summed E-state index contributed by atoms with van der Waals surface area (Å²) < 4.78 is 0. The van der Waals surface area contributed by atoms with E-state index >= 15 is 0 Å². The predicted octanol–water partition coefficient (Wildman–Crippen LogP) is 0.642. The first-order valence-electron chi connectivity index (χ1n) is 4.12. The van der Waals surface area contributed by atoms with Crippen LogP contribution in [0, 0.1) is 0 Å². The molecule has 1 heterocycles. The largest absolute Gasteiger partial charge is 0.304 e. The number of hydrogen-bond donors (Lipinski definition) is 0. The van der Waals surface area contributed by atoms with Crippen LogP contribution in [0.15, 0.2) is 0 Å². The Morgan fingerprint density at radius 1 is 1.30 bits per heavy atom. The Morgan fingerprint density at radius 3 is 2.50 bits per heavy atom. The van der Waals surface area contributed by atoms with Crippen molar-refractivity contribution >= 4 is 0 Å². The summed E-state index contributed by atoms with van der Waals surface area (Å²) in [6.45, 7) is 5.97. The maximum atomic E-state index is 2.46. The molecule has 0 aromatic carbocycles. The van der Waals surface area contributed by atoms with Crippen LogP contribution in [-0.2, 0) is 0 Å². The SMILES string of the molecule is CC[C@H]1CN(C)CCN1C. The summed E-state index contributed by atoms with van der Waals surface area (Å²) in [6.07, 6.45) is 1.28. The van der Waals surface area contributed by atoms with Gasteiger partial charge in [0.25, 0.3) is 0 Å². The summed E-state index contributed by atoms with van der Waals surface area (Å²) in [5.74, 6) is 0. The van der Waals surface area contributed by atoms with Crippen molar-refractivity contribution in [1.29, 1.82) is 0 Å². The van der Waals surface area contributed by atoms with Crippen LogP contribution in [0.5, 0.6) is 0 Å². The monoisotopic (exact) mass is 142 g/mol. The second kappa shape index (κ2) is 3.35. The zero-order chi connectivity index (χ0) is 7.56. The normalized spacial score (nSPS) is 30.9. The van der Waals surface area contributed by atoms with E-state index in [0.717, 1.165) is 6.04 Å². The van der Waals surface area contributed by atoms with Gasteiger partial charge in [-0.2, -0.15) is 0 Å². The Morgan fingerprint density at radius 2 is 2.00 bits per heavy atom. The molecule has 0 spiro atoms. The van der Waals surface area contributed by atoms with Gasteiger partial charge in [-0.3, -0.25) is 0 Å². The lowest BCUT2D eigenvalue weighted by Crippen LogP contribution is -2.49. The van der Waals surface area contributed by atoms with Crippen molar-refractivity contribution in [1.82, 2.24) is 9.80 Å². The summed E-state index contributed by atoms with van der Waals surface area (Å²) in [4.78, 5) is 4.87. The minimum Gasteiger partial charge on any atom is -0.304 e. The van der Waals surface area contributed by atoms with Crippen molar-refractivity contribution in [3.8, 4) is 0 Å². The standard InChI is InChI=1S/C8H18N2/c1-4-8-7-9(2)5-6-10(8)3/h8H,4-7H2,1-3H3/t8-/m0/s1. The molecule has 0 unspecified atom stereocenters. The molecule has 0 saturated carbocycles. The first kappa shape index (κ1) is 8.02. The van der Waals surface area contributed by atoms with Crippen molar-refractivity contribution in [2.45, 2.75) is 19.4 Å². The molecule has 1 rings (SSSR count). The predicted molar refractivity (Wildman–Crippen MR) is 44.2 cm³/mol. The zero-order valence-corrected chi connectivity index (χ0v) is 7.30. The third kappa shape index (κ3) is 1.70.